The van der Waals surface area contributed by atoms with E-state index in [9.17, 15) is 9.90 Å². The van der Waals surface area contributed by atoms with E-state index in [1.54, 1.807) is 12.1 Å². The van der Waals surface area contributed by atoms with E-state index in [0.717, 1.165) is 31.2 Å². The Labute approximate surface area is 84.6 Å². The van der Waals surface area contributed by atoms with Crippen molar-refractivity contribution in [2.75, 3.05) is 0 Å². The Bertz CT molecular complexity index is 305. The van der Waals surface area contributed by atoms with Gasteiger partial charge in [-0.05, 0) is 24.5 Å². The van der Waals surface area contributed by atoms with Crippen LogP contribution in [-0.2, 0) is 11.5 Å². The number of aryl methyl sites for hydroxylation is 1. The van der Waals surface area contributed by atoms with Crippen LogP contribution in [0.25, 0.3) is 0 Å². The number of carbonyl (C=O) groups excluding carboxylic acids is 1. The molecule has 0 aliphatic rings. The molecule has 2 nitrogen and oxygen atoms in total. The minimum atomic E-state index is -1.07. The zero-order valence-electron chi connectivity index (χ0n) is 8.45. The summed E-state index contributed by atoms with van der Waals surface area (Å²) in [6, 6.07) is 7.07. The van der Waals surface area contributed by atoms with Crippen LogP contribution >= 0.6 is 0 Å². The van der Waals surface area contributed by atoms with Crippen LogP contribution in [-0.4, -0.2) is 5.97 Å². The van der Waals surface area contributed by atoms with E-state index in [-0.39, 0.29) is 0 Å². The van der Waals surface area contributed by atoms with Crippen molar-refractivity contribution in [3.63, 3.8) is 0 Å². The zero-order valence-corrected chi connectivity index (χ0v) is 8.45. The van der Waals surface area contributed by atoms with Crippen molar-refractivity contribution in [3.05, 3.63) is 35.4 Å². The first-order chi connectivity index (χ1) is 6.75. The Morgan fingerprint density at radius 3 is 2.57 bits per heavy atom. The molecule has 0 spiro atoms. The predicted molar refractivity (Wildman–Crippen MR) is 54.7 cm³/mol. The van der Waals surface area contributed by atoms with Crippen LogP contribution in [0.5, 0.6) is 0 Å². The zero-order chi connectivity index (χ0) is 10.4. The standard InChI is InChI=1S/C12H15O2/c1-2-3-4-7-10-8-5-6-9-11(10)12(13)14/h5-6,8-9H,2-4,7H2,1H3. The molecule has 0 bridgehead atoms. The van der Waals surface area contributed by atoms with Crippen molar-refractivity contribution >= 4 is 5.97 Å². The normalized spacial score (nSPS) is 10.1. The van der Waals surface area contributed by atoms with Gasteiger partial charge in [-0.3, -0.25) is 0 Å². The highest BCUT2D eigenvalue weighted by Crippen LogP contribution is 2.12. The van der Waals surface area contributed by atoms with Crippen molar-refractivity contribution in [2.24, 2.45) is 0 Å². The van der Waals surface area contributed by atoms with E-state index in [1.807, 2.05) is 12.1 Å². The Balaban J connectivity index is 2.69. The van der Waals surface area contributed by atoms with Gasteiger partial charge in [-0.15, -0.1) is 0 Å². The number of benzene rings is 1. The Morgan fingerprint density at radius 1 is 1.21 bits per heavy atom. The molecule has 0 heterocycles. The van der Waals surface area contributed by atoms with Gasteiger partial charge in [-0.2, -0.15) is 0 Å². The van der Waals surface area contributed by atoms with Gasteiger partial charge >= 0.3 is 5.97 Å². The molecule has 0 atom stereocenters. The number of carbonyl (C=O) groups is 1. The third-order valence-electron chi connectivity index (χ3n) is 2.29. The fraction of sp³-hybridized carbons (Fsp3) is 0.417. The lowest BCUT2D eigenvalue weighted by Gasteiger charge is -2.03. The van der Waals surface area contributed by atoms with E-state index >= 15 is 0 Å². The first-order valence-electron chi connectivity index (χ1n) is 5.05. The Hall–Kier alpha value is -1.31. The van der Waals surface area contributed by atoms with E-state index in [1.165, 1.54) is 0 Å². The summed E-state index contributed by atoms with van der Waals surface area (Å²) in [6.07, 6.45) is 4.16. The molecular weight excluding hydrogens is 176 g/mol. The van der Waals surface area contributed by atoms with Crippen LogP contribution in [0.2, 0.25) is 0 Å². The van der Waals surface area contributed by atoms with Gasteiger partial charge in [0.05, 0.1) is 5.56 Å². The molecule has 0 saturated heterocycles. The lowest BCUT2D eigenvalue weighted by Crippen LogP contribution is -2.00. The first kappa shape index (κ1) is 10.8. The lowest BCUT2D eigenvalue weighted by molar-refractivity contribution is 0.0572. The summed E-state index contributed by atoms with van der Waals surface area (Å²) < 4.78 is 0. The molecule has 1 aromatic rings. The largest absolute Gasteiger partial charge is 0.386 e. The smallest absolute Gasteiger partial charge is 0.241 e. The average molecular weight is 191 g/mol. The molecule has 0 aliphatic carbocycles. The summed E-state index contributed by atoms with van der Waals surface area (Å²) in [5, 5.41) is 10.7. The van der Waals surface area contributed by atoms with E-state index in [2.05, 4.69) is 6.92 Å². The second-order valence-corrected chi connectivity index (χ2v) is 3.40. The fourth-order valence-electron chi connectivity index (χ4n) is 1.50. The minimum Gasteiger partial charge on any atom is -0.241 e. The molecule has 1 aromatic carbocycles. The molecule has 0 aromatic heterocycles. The SMILES string of the molecule is CCCCCc1ccccc1C([O])=O. The van der Waals surface area contributed by atoms with Gasteiger partial charge in [0.1, 0.15) is 0 Å². The number of rotatable bonds is 5. The van der Waals surface area contributed by atoms with E-state index < -0.39 is 5.97 Å². The maximum Gasteiger partial charge on any atom is 0.386 e. The molecule has 1 radical (unpaired) electrons. The monoisotopic (exact) mass is 191 g/mol. The van der Waals surface area contributed by atoms with Gasteiger partial charge in [0.15, 0.2) is 0 Å². The van der Waals surface area contributed by atoms with Crippen LogP contribution in [0.1, 0.15) is 42.1 Å². The third-order valence-corrected chi connectivity index (χ3v) is 2.29. The van der Waals surface area contributed by atoms with Gasteiger partial charge in [0, 0.05) is 0 Å². The summed E-state index contributed by atoms with van der Waals surface area (Å²) in [4.78, 5) is 10.7. The molecule has 0 saturated carbocycles. The van der Waals surface area contributed by atoms with Crippen LogP contribution in [0.4, 0.5) is 0 Å². The van der Waals surface area contributed by atoms with Crippen LogP contribution < -0.4 is 0 Å². The van der Waals surface area contributed by atoms with Crippen LogP contribution in [0.3, 0.4) is 0 Å². The summed E-state index contributed by atoms with van der Waals surface area (Å²) in [7, 11) is 0. The van der Waals surface area contributed by atoms with Crippen molar-refractivity contribution < 1.29 is 9.90 Å². The van der Waals surface area contributed by atoms with Crippen LogP contribution in [0, 0.1) is 0 Å². The second kappa shape index (κ2) is 5.43. The summed E-state index contributed by atoms with van der Waals surface area (Å²) in [5.41, 5.74) is 1.23. The highest BCUT2D eigenvalue weighted by Gasteiger charge is 2.09. The molecule has 0 N–H and O–H groups in total. The highest BCUT2D eigenvalue weighted by atomic mass is 16.4. The molecular formula is C12H15O2. The predicted octanol–water partition coefficient (Wildman–Crippen LogP) is 2.99. The minimum absolute atomic E-state index is 0.337. The molecule has 0 unspecified atom stereocenters. The average Bonchev–Trinajstić information content (AvgIpc) is 2.19. The van der Waals surface area contributed by atoms with Crippen molar-refractivity contribution in [3.8, 4) is 0 Å². The van der Waals surface area contributed by atoms with Gasteiger partial charge in [0.2, 0.25) is 0 Å². The summed E-state index contributed by atoms with van der Waals surface area (Å²) in [5.74, 6) is -1.07. The number of unbranched alkanes of at least 4 members (excludes halogenated alkanes) is 2. The topological polar surface area (TPSA) is 37.0 Å². The quantitative estimate of drug-likeness (QED) is 0.659. The maximum absolute atomic E-state index is 10.7. The van der Waals surface area contributed by atoms with Gasteiger partial charge in [0.25, 0.3) is 0 Å². The Kier molecular flexibility index (Phi) is 4.17. The van der Waals surface area contributed by atoms with Crippen molar-refractivity contribution in [1.29, 1.82) is 0 Å². The van der Waals surface area contributed by atoms with Gasteiger partial charge in [-0.25, -0.2) is 9.90 Å². The van der Waals surface area contributed by atoms with E-state index in [4.69, 9.17) is 0 Å². The molecule has 2 heteroatoms. The molecule has 0 amide bonds. The number of hydrogen-bond acceptors (Lipinski definition) is 1. The van der Waals surface area contributed by atoms with Gasteiger partial charge in [-0.1, -0.05) is 38.0 Å². The summed E-state index contributed by atoms with van der Waals surface area (Å²) >= 11 is 0. The van der Waals surface area contributed by atoms with Gasteiger partial charge < -0.3 is 0 Å². The van der Waals surface area contributed by atoms with Crippen LogP contribution in [0.15, 0.2) is 24.3 Å². The molecule has 14 heavy (non-hydrogen) atoms. The maximum atomic E-state index is 10.7. The molecule has 0 aliphatic heterocycles. The third kappa shape index (κ3) is 2.87. The molecule has 1 rings (SSSR count). The first-order valence-corrected chi connectivity index (χ1v) is 5.05. The highest BCUT2D eigenvalue weighted by molar-refractivity contribution is 5.88. The number of hydrogen-bond donors (Lipinski definition) is 0. The fourth-order valence-corrected chi connectivity index (χ4v) is 1.50. The molecule has 75 valence electrons. The lowest BCUT2D eigenvalue weighted by atomic mass is 10.0. The van der Waals surface area contributed by atoms with Crippen molar-refractivity contribution in [1.82, 2.24) is 0 Å². The summed E-state index contributed by atoms with van der Waals surface area (Å²) in [6.45, 7) is 2.13. The second-order valence-electron chi connectivity index (χ2n) is 3.40. The Morgan fingerprint density at radius 2 is 1.93 bits per heavy atom. The molecule has 0 fully saturated rings. The van der Waals surface area contributed by atoms with E-state index in [0.29, 0.717) is 5.56 Å². The van der Waals surface area contributed by atoms with Crippen molar-refractivity contribution in [2.45, 2.75) is 32.6 Å².